The highest BCUT2D eigenvalue weighted by Gasteiger charge is 2.23. The molecule has 1 aromatic heterocycles. The number of rotatable bonds is 3. The summed E-state index contributed by atoms with van der Waals surface area (Å²) in [5.74, 6) is 0.533. The lowest BCUT2D eigenvalue weighted by molar-refractivity contribution is 0.258. The zero-order chi connectivity index (χ0) is 13.1. The number of piperidine rings is 1. The van der Waals surface area contributed by atoms with Crippen molar-refractivity contribution in [3.05, 3.63) is 23.5 Å². The third kappa shape index (κ3) is 2.96. The summed E-state index contributed by atoms with van der Waals surface area (Å²) >= 11 is 6.03. The molecule has 0 spiro atoms. The Labute approximate surface area is 115 Å². The molecule has 100 valence electrons. The number of halogens is 1. The Morgan fingerprint density at radius 1 is 1.50 bits per heavy atom. The van der Waals surface area contributed by atoms with Gasteiger partial charge in [0.25, 0.3) is 0 Å². The first-order valence-corrected chi connectivity index (χ1v) is 7.08. The number of hydrogen-bond donors (Lipinski definition) is 0. The molecule has 1 atom stereocenters. The first-order valence-electron chi connectivity index (χ1n) is 6.54. The van der Waals surface area contributed by atoms with Crippen molar-refractivity contribution < 1.29 is 0 Å². The van der Waals surface area contributed by atoms with E-state index in [4.69, 9.17) is 11.6 Å². The lowest BCUT2D eigenvalue weighted by atomic mass is 10.0. The smallest absolute Gasteiger partial charge is 0.0509 e. The summed E-state index contributed by atoms with van der Waals surface area (Å²) in [5, 5.41) is 0. The molecule has 1 fully saturated rings. The van der Waals surface area contributed by atoms with E-state index >= 15 is 0 Å². The summed E-state index contributed by atoms with van der Waals surface area (Å²) < 4.78 is 0. The zero-order valence-corrected chi connectivity index (χ0v) is 12.2. The second kappa shape index (κ2) is 5.89. The first kappa shape index (κ1) is 13.6. The highest BCUT2D eigenvalue weighted by atomic mass is 35.5. The fraction of sp³-hybridized carbons (Fsp3) is 0.643. The van der Waals surface area contributed by atoms with Crippen LogP contribution in [-0.4, -0.2) is 43.1 Å². The standard InChI is InChI=1S/C14H22ClN3/c1-11-7-14(12(8-15)9-16-11)18-6-4-5-13(10-18)17(2)3/h7,9,13H,4-6,8,10H2,1-3H3. The summed E-state index contributed by atoms with van der Waals surface area (Å²) in [5.41, 5.74) is 3.47. The van der Waals surface area contributed by atoms with Crippen LogP contribution in [0.3, 0.4) is 0 Å². The Morgan fingerprint density at radius 2 is 2.28 bits per heavy atom. The van der Waals surface area contributed by atoms with Crippen LogP contribution in [0, 0.1) is 6.92 Å². The van der Waals surface area contributed by atoms with E-state index in [0.29, 0.717) is 11.9 Å². The van der Waals surface area contributed by atoms with Gasteiger partial charge in [0.05, 0.1) is 5.88 Å². The molecule has 4 heteroatoms. The average molecular weight is 268 g/mol. The largest absolute Gasteiger partial charge is 0.370 e. The molecule has 1 aromatic rings. The van der Waals surface area contributed by atoms with Crippen molar-refractivity contribution in [2.75, 3.05) is 32.1 Å². The second-order valence-corrected chi connectivity index (χ2v) is 5.56. The number of hydrogen-bond acceptors (Lipinski definition) is 3. The fourth-order valence-electron chi connectivity index (χ4n) is 2.57. The highest BCUT2D eigenvalue weighted by molar-refractivity contribution is 6.17. The van der Waals surface area contributed by atoms with E-state index in [-0.39, 0.29) is 0 Å². The van der Waals surface area contributed by atoms with Crippen LogP contribution >= 0.6 is 11.6 Å². The van der Waals surface area contributed by atoms with Gasteiger partial charge < -0.3 is 9.80 Å². The SMILES string of the molecule is Cc1cc(N2CCCC(N(C)C)C2)c(CCl)cn1. The van der Waals surface area contributed by atoms with Crippen molar-refractivity contribution in [1.29, 1.82) is 0 Å². The maximum Gasteiger partial charge on any atom is 0.0509 e. The topological polar surface area (TPSA) is 19.4 Å². The van der Waals surface area contributed by atoms with Gasteiger partial charge in [-0.25, -0.2) is 0 Å². The third-order valence-corrected chi connectivity index (χ3v) is 4.00. The fourth-order valence-corrected chi connectivity index (χ4v) is 2.77. The molecule has 1 saturated heterocycles. The van der Waals surface area contributed by atoms with Gasteiger partial charge in [-0.1, -0.05) is 0 Å². The zero-order valence-electron chi connectivity index (χ0n) is 11.5. The molecular weight excluding hydrogens is 246 g/mol. The molecule has 2 heterocycles. The molecule has 3 nitrogen and oxygen atoms in total. The molecule has 0 amide bonds. The lowest BCUT2D eigenvalue weighted by Gasteiger charge is -2.38. The van der Waals surface area contributed by atoms with Gasteiger partial charge in [-0.2, -0.15) is 0 Å². The molecule has 18 heavy (non-hydrogen) atoms. The number of anilines is 1. The van der Waals surface area contributed by atoms with E-state index in [1.54, 1.807) is 0 Å². The molecule has 1 unspecified atom stereocenters. The molecule has 0 saturated carbocycles. The van der Waals surface area contributed by atoms with Crippen molar-refractivity contribution in [3.63, 3.8) is 0 Å². The Balaban J connectivity index is 2.22. The molecule has 2 rings (SSSR count). The molecule has 0 bridgehead atoms. The van der Waals surface area contributed by atoms with Crippen LogP contribution in [0.1, 0.15) is 24.1 Å². The average Bonchev–Trinajstić information content (AvgIpc) is 2.39. The van der Waals surface area contributed by atoms with E-state index in [2.05, 4.69) is 34.9 Å². The number of likely N-dealkylation sites (N-methyl/N-ethyl adjacent to an activating group) is 1. The molecule has 0 radical (unpaired) electrons. The lowest BCUT2D eigenvalue weighted by Crippen LogP contribution is -2.45. The van der Waals surface area contributed by atoms with Crippen LogP contribution in [0.25, 0.3) is 0 Å². The van der Waals surface area contributed by atoms with Crippen LogP contribution < -0.4 is 4.90 Å². The number of nitrogens with zero attached hydrogens (tertiary/aromatic N) is 3. The van der Waals surface area contributed by atoms with E-state index in [0.717, 1.165) is 24.3 Å². The van der Waals surface area contributed by atoms with Gasteiger partial charge in [0.2, 0.25) is 0 Å². The quantitative estimate of drug-likeness (QED) is 0.785. The minimum Gasteiger partial charge on any atom is -0.370 e. The number of alkyl halides is 1. The van der Waals surface area contributed by atoms with Crippen molar-refractivity contribution in [3.8, 4) is 0 Å². The maximum atomic E-state index is 6.03. The Bertz CT molecular complexity index is 406. The number of pyridine rings is 1. The normalized spacial score (nSPS) is 20.5. The number of aromatic nitrogens is 1. The summed E-state index contributed by atoms with van der Waals surface area (Å²) in [4.78, 5) is 9.12. The minimum atomic E-state index is 0.533. The van der Waals surface area contributed by atoms with Crippen LogP contribution in [-0.2, 0) is 5.88 Å². The summed E-state index contributed by atoms with van der Waals surface area (Å²) in [6.07, 6.45) is 4.44. The maximum absolute atomic E-state index is 6.03. The molecule has 1 aliphatic rings. The van der Waals surface area contributed by atoms with E-state index in [1.165, 1.54) is 18.5 Å². The second-order valence-electron chi connectivity index (χ2n) is 5.29. The van der Waals surface area contributed by atoms with Gasteiger partial charge in [0.1, 0.15) is 0 Å². The highest BCUT2D eigenvalue weighted by Crippen LogP contribution is 2.26. The molecule has 0 aliphatic carbocycles. The van der Waals surface area contributed by atoms with E-state index in [1.807, 2.05) is 13.1 Å². The summed E-state index contributed by atoms with van der Waals surface area (Å²) in [6, 6.07) is 2.80. The molecular formula is C14H22ClN3. The van der Waals surface area contributed by atoms with E-state index < -0.39 is 0 Å². The minimum absolute atomic E-state index is 0.533. The van der Waals surface area contributed by atoms with Crippen LogP contribution in [0.2, 0.25) is 0 Å². The third-order valence-electron chi connectivity index (χ3n) is 3.71. The first-order chi connectivity index (χ1) is 8.61. The van der Waals surface area contributed by atoms with Crippen LogP contribution in [0.15, 0.2) is 12.3 Å². The van der Waals surface area contributed by atoms with Gasteiger partial charge in [0.15, 0.2) is 0 Å². The molecule has 0 aromatic carbocycles. The van der Waals surface area contributed by atoms with Gasteiger partial charge in [-0.3, -0.25) is 4.98 Å². The van der Waals surface area contributed by atoms with Crippen molar-refractivity contribution >= 4 is 17.3 Å². The summed E-state index contributed by atoms with van der Waals surface area (Å²) in [6.45, 7) is 4.24. The monoisotopic (exact) mass is 267 g/mol. The summed E-state index contributed by atoms with van der Waals surface area (Å²) in [7, 11) is 4.32. The van der Waals surface area contributed by atoms with Crippen LogP contribution in [0.4, 0.5) is 5.69 Å². The number of aryl methyl sites for hydroxylation is 1. The Hall–Kier alpha value is -0.800. The van der Waals surface area contributed by atoms with Gasteiger partial charge >= 0.3 is 0 Å². The van der Waals surface area contributed by atoms with Gasteiger partial charge in [-0.05, 0) is 39.9 Å². The predicted octanol–water partition coefficient (Wildman–Crippen LogP) is 2.66. The van der Waals surface area contributed by atoms with Crippen molar-refractivity contribution in [2.45, 2.75) is 31.7 Å². The molecule has 1 aliphatic heterocycles. The van der Waals surface area contributed by atoms with E-state index in [9.17, 15) is 0 Å². The van der Waals surface area contributed by atoms with Crippen LogP contribution in [0.5, 0.6) is 0 Å². The predicted molar refractivity (Wildman–Crippen MR) is 77.5 cm³/mol. The molecule has 0 N–H and O–H groups in total. The van der Waals surface area contributed by atoms with Gasteiger partial charge in [0, 0.05) is 42.3 Å². The van der Waals surface area contributed by atoms with Crippen molar-refractivity contribution in [1.82, 2.24) is 9.88 Å². The van der Waals surface area contributed by atoms with Crippen molar-refractivity contribution in [2.24, 2.45) is 0 Å². The Kier molecular flexibility index (Phi) is 4.46. The Morgan fingerprint density at radius 3 is 2.94 bits per heavy atom. The van der Waals surface area contributed by atoms with Gasteiger partial charge in [-0.15, -0.1) is 11.6 Å².